The molecule has 144 valence electrons. The minimum absolute atomic E-state index is 0.0985. The number of hydrogen-bond donors (Lipinski definition) is 0. The Morgan fingerprint density at radius 3 is 1.92 bits per heavy atom. The maximum atomic E-state index is 11.5. The standard InChI is InChI=1S/C16H27NO8/c1-21-8-9-23-12-13-24-11-10-22-7-3-2-4-16(20)25-17-14(18)5-6-15(17)19/h2-13H2,1H3. The average Bonchev–Trinajstić information content (AvgIpc) is 2.91. The Kier molecular flexibility index (Phi) is 11.8. The van der Waals surface area contributed by atoms with Gasteiger partial charge in [-0.2, -0.15) is 0 Å². The van der Waals surface area contributed by atoms with E-state index in [1.54, 1.807) is 7.11 Å². The lowest BCUT2D eigenvalue weighted by Crippen LogP contribution is -2.31. The van der Waals surface area contributed by atoms with Crippen molar-refractivity contribution in [3.63, 3.8) is 0 Å². The smallest absolute Gasteiger partial charge is 0.333 e. The first-order valence-corrected chi connectivity index (χ1v) is 8.44. The summed E-state index contributed by atoms with van der Waals surface area (Å²) in [5.74, 6) is -1.52. The lowest BCUT2D eigenvalue weighted by molar-refractivity contribution is -0.197. The topological polar surface area (TPSA) is 101 Å². The number of rotatable bonds is 15. The van der Waals surface area contributed by atoms with Gasteiger partial charge in [-0.15, -0.1) is 5.06 Å². The SMILES string of the molecule is COCCOCCOCCOCCCCC(=O)ON1C(=O)CCC1=O. The molecule has 1 aliphatic rings. The molecule has 0 aliphatic carbocycles. The molecule has 1 heterocycles. The van der Waals surface area contributed by atoms with E-state index < -0.39 is 17.8 Å². The second-order valence-corrected chi connectivity index (χ2v) is 5.33. The summed E-state index contributed by atoms with van der Waals surface area (Å²) in [5.41, 5.74) is 0. The minimum atomic E-state index is -0.583. The Labute approximate surface area is 147 Å². The summed E-state index contributed by atoms with van der Waals surface area (Å²) < 4.78 is 20.8. The first-order valence-electron chi connectivity index (χ1n) is 8.44. The quantitative estimate of drug-likeness (QED) is 0.306. The fraction of sp³-hybridized carbons (Fsp3) is 0.812. The molecule has 0 atom stereocenters. The number of hydrogen-bond acceptors (Lipinski definition) is 8. The predicted molar refractivity (Wildman–Crippen MR) is 85.4 cm³/mol. The van der Waals surface area contributed by atoms with Crippen LogP contribution in [0.5, 0.6) is 0 Å². The molecule has 1 fully saturated rings. The van der Waals surface area contributed by atoms with Crippen LogP contribution in [0.3, 0.4) is 0 Å². The fourth-order valence-electron chi connectivity index (χ4n) is 1.96. The largest absolute Gasteiger partial charge is 0.382 e. The van der Waals surface area contributed by atoms with E-state index in [9.17, 15) is 14.4 Å². The highest BCUT2D eigenvalue weighted by Gasteiger charge is 2.32. The number of carbonyl (C=O) groups is 3. The van der Waals surface area contributed by atoms with Gasteiger partial charge in [0.05, 0.1) is 39.6 Å². The van der Waals surface area contributed by atoms with Crippen LogP contribution in [0.2, 0.25) is 0 Å². The van der Waals surface area contributed by atoms with Gasteiger partial charge in [0.15, 0.2) is 0 Å². The molecular weight excluding hydrogens is 334 g/mol. The van der Waals surface area contributed by atoms with Crippen molar-refractivity contribution in [1.82, 2.24) is 5.06 Å². The molecule has 0 unspecified atom stereocenters. The molecule has 0 aromatic carbocycles. The third-order valence-corrected chi connectivity index (χ3v) is 3.29. The van der Waals surface area contributed by atoms with Crippen LogP contribution in [-0.4, -0.2) is 76.2 Å². The molecule has 1 rings (SSSR count). The van der Waals surface area contributed by atoms with Crippen molar-refractivity contribution in [2.45, 2.75) is 32.1 Å². The highest BCUT2D eigenvalue weighted by molar-refractivity contribution is 6.01. The van der Waals surface area contributed by atoms with Gasteiger partial charge in [-0.05, 0) is 12.8 Å². The molecule has 0 aromatic heterocycles. The van der Waals surface area contributed by atoms with Gasteiger partial charge in [0.1, 0.15) is 0 Å². The van der Waals surface area contributed by atoms with E-state index in [4.69, 9.17) is 23.8 Å². The van der Waals surface area contributed by atoms with Gasteiger partial charge < -0.3 is 23.8 Å². The third kappa shape index (κ3) is 10.1. The van der Waals surface area contributed by atoms with Crippen LogP contribution in [0.15, 0.2) is 0 Å². The molecule has 0 radical (unpaired) electrons. The monoisotopic (exact) mass is 361 g/mol. The zero-order valence-corrected chi connectivity index (χ0v) is 14.7. The van der Waals surface area contributed by atoms with Gasteiger partial charge in [0.2, 0.25) is 0 Å². The molecule has 9 heteroatoms. The number of imide groups is 1. The predicted octanol–water partition coefficient (Wildman–Crippen LogP) is 0.460. The molecule has 1 saturated heterocycles. The number of nitrogens with zero attached hydrogens (tertiary/aromatic N) is 1. The van der Waals surface area contributed by atoms with Gasteiger partial charge in [-0.1, -0.05) is 0 Å². The van der Waals surface area contributed by atoms with E-state index in [1.807, 2.05) is 0 Å². The normalized spacial score (nSPS) is 14.4. The van der Waals surface area contributed by atoms with E-state index in [1.165, 1.54) is 0 Å². The lowest BCUT2D eigenvalue weighted by Gasteiger charge is -2.12. The van der Waals surface area contributed by atoms with Crippen LogP contribution in [0.4, 0.5) is 0 Å². The summed E-state index contributed by atoms with van der Waals surface area (Å²) in [6.45, 7) is 3.61. The molecular formula is C16H27NO8. The maximum Gasteiger partial charge on any atom is 0.333 e. The highest BCUT2D eigenvalue weighted by Crippen LogP contribution is 2.13. The van der Waals surface area contributed by atoms with E-state index >= 15 is 0 Å². The summed E-state index contributed by atoms with van der Waals surface area (Å²) in [4.78, 5) is 38.9. The molecule has 0 N–H and O–H groups in total. The Morgan fingerprint density at radius 1 is 0.840 bits per heavy atom. The number of carbonyl (C=O) groups excluding carboxylic acids is 3. The third-order valence-electron chi connectivity index (χ3n) is 3.29. The Hall–Kier alpha value is -1.55. The molecule has 0 spiro atoms. The van der Waals surface area contributed by atoms with Crippen molar-refractivity contribution in [2.24, 2.45) is 0 Å². The Bertz CT molecular complexity index is 399. The van der Waals surface area contributed by atoms with Gasteiger partial charge >= 0.3 is 5.97 Å². The van der Waals surface area contributed by atoms with Crippen molar-refractivity contribution >= 4 is 17.8 Å². The Morgan fingerprint density at radius 2 is 1.36 bits per heavy atom. The summed E-state index contributed by atoms with van der Waals surface area (Å²) >= 11 is 0. The second kappa shape index (κ2) is 13.7. The molecule has 0 aromatic rings. The van der Waals surface area contributed by atoms with Crippen molar-refractivity contribution in [3.05, 3.63) is 0 Å². The number of ether oxygens (including phenoxy) is 4. The number of amides is 2. The first-order chi connectivity index (χ1) is 12.1. The van der Waals surface area contributed by atoms with Crippen LogP contribution in [-0.2, 0) is 38.2 Å². The maximum absolute atomic E-state index is 11.5. The minimum Gasteiger partial charge on any atom is -0.382 e. The summed E-state index contributed by atoms with van der Waals surface area (Å²) in [6, 6.07) is 0. The number of unbranched alkanes of at least 4 members (excludes halogenated alkanes) is 1. The molecule has 0 bridgehead atoms. The van der Waals surface area contributed by atoms with Gasteiger partial charge in [0.25, 0.3) is 11.8 Å². The fourth-order valence-corrected chi connectivity index (χ4v) is 1.96. The van der Waals surface area contributed by atoms with Crippen LogP contribution >= 0.6 is 0 Å². The van der Waals surface area contributed by atoms with E-state index in [2.05, 4.69) is 0 Å². The zero-order chi connectivity index (χ0) is 18.3. The van der Waals surface area contributed by atoms with E-state index in [0.717, 1.165) is 0 Å². The lowest BCUT2D eigenvalue weighted by atomic mass is 10.2. The van der Waals surface area contributed by atoms with Gasteiger partial charge in [-0.25, -0.2) is 4.79 Å². The van der Waals surface area contributed by atoms with Crippen LogP contribution < -0.4 is 0 Å². The average molecular weight is 361 g/mol. The van der Waals surface area contributed by atoms with Crippen molar-refractivity contribution in [1.29, 1.82) is 0 Å². The first kappa shape index (κ1) is 21.5. The Balaban J connectivity index is 1.84. The van der Waals surface area contributed by atoms with Gasteiger partial charge in [-0.3, -0.25) is 9.59 Å². The molecule has 9 nitrogen and oxygen atoms in total. The summed E-state index contributed by atoms with van der Waals surface area (Å²) in [5, 5.41) is 0.565. The highest BCUT2D eigenvalue weighted by atomic mass is 16.7. The van der Waals surface area contributed by atoms with E-state index in [-0.39, 0.29) is 19.3 Å². The summed E-state index contributed by atoms with van der Waals surface area (Å²) in [7, 11) is 1.62. The van der Waals surface area contributed by atoms with E-state index in [0.29, 0.717) is 64.2 Å². The van der Waals surface area contributed by atoms with Crippen LogP contribution in [0.25, 0.3) is 0 Å². The molecule has 1 aliphatic heterocycles. The van der Waals surface area contributed by atoms with Crippen molar-refractivity contribution in [3.8, 4) is 0 Å². The van der Waals surface area contributed by atoms with Crippen molar-refractivity contribution in [2.75, 3.05) is 53.4 Å². The molecule has 0 saturated carbocycles. The van der Waals surface area contributed by atoms with Crippen molar-refractivity contribution < 1.29 is 38.2 Å². The number of methoxy groups -OCH3 is 1. The molecule has 2 amide bonds. The molecule has 25 heavy (non-hydrogen) atoms. The van der Waals surface area contributed by atoms with Gasteiger partial charge in [0, 0.05) is 33.0 Å². The second-order valence-electron chi connectivity index (χ2n) is 5.33. The van der Waals surface area contributed by atoms with Crippen LogP contribution in [0.1, 0.15) is 32.1 Å². The van der Waals surface area contributed by atoms with Crippen LogP contribution in [0, 0.1) is 0 Å². The zero-order valence-electron chi connectivity index (χ0n) is 14.7. The number of hydroxylamine groups is 2. The summed E-state index contributed by atoms with van der Waals surface area (Å²) in [6.07, 6.45) is 1.57.